The summed E-state index contributed by atoms with van der Waals surface area (Å²) >= 11 is 0. The number of allylic oxidation sites excluding steroid dienone is 2. The van der Waals surface area contributed by atoms with E-state index in [-0.39, 0.29) is 5.41 Å². The molecular formula is C27H24F8N4O2. The van der Waals surface area contributed by atoms with Gasteiger partial charge in [0.2, 0.25) is 5.96 Å². The predicted molar refractivity (Wildman–Crippen MR) is 137 cm³/mol. The number of hydrazone groups is 1. The third-order valence-corrected chi connectivity index (χ3v) is 6.12. The van der Waals surface area contributed by atoms with Crippen molar-refractivity contribution in [3.63, 3.8) is 0 Å². The van der Waals surface area contributed by atoms with Gasteiger partial charge >= 0.3 is 25.1 Å². The predicted octanol–water partition coefficient (Wildman–Crippen LogP) is 6.57. The maximum absolute atomic E-state index is 13.1. The molecule has 2 aromatic rings. The van der Waals surface area contributed by atoms with Crippen molar-refractivity contribution in [3.8, 4) is 11.5 Å². The summed E-state index contributed by atoms with van der Waals surface area (Å²) < 4.78 is 110. The fourth-order valence-corrected chi connectivity index (χ4v) is 3.52. The molecule has 1 fully saturated rings. The van der Waals surface area contributed by atoms with Crippen molar-refractivity contribution >= 4 is 23.8 Å². The molecule has 1 saturated carbocycles. The van der Waals surface area contributed by atoms with E-state index in [4.69, 9.17) is 0 Å². The van der Waals surface area contributed by atoms with E-state index in [1.54, 1.807) is 24.3 Å². The molecule has 0 unspecified atom stereocenters. The number of hydrogen-bond donors (Lipinski definition) is 2. The van der Waals surface area contributed by atoms with E-state index in [0.717, 1.165) is 43.7 Å². The van der Waals surface area contributed by atoms with E-state index >= 15 is 0 Å². The minimum atomic E-state index is -4.63. The molecule has 0 saturated heterocycles. The molecule has 2 aromatic carbocycles. The zero-order chi connectivity index (χ0) is 29.7. The molecule has 41 heavy (non-hydrogen) atoms. The lowest BCUT2D eigenvalue weighted by atomic mass is 10.1. The second-order valence-corrected chi connectivity index (χ2v) is 9.40. The Balaban J connectivity index is 1.47. The minimum absolute atomic E-state index is 0.210. The molecule has 1 spiro atoms. The number of guanidine groups is 1. The van der Waals surface area contributed by atoms with Crippen LogP contribution in [0.3, 0.4) is 0 Å². The van der Waals surface area contributed by atoms with Crippen LogP contribution in [0.1, 0.15) is 24.0 Å². The molecule has 4 rings (SSSR count). The molecule has 1 aliphatic heterocycles. The Morgan fingerprint density at radius 2 is 1.29 bits per heavy atom. The van der Waals surface area contributed by atoms with E-state index in [1.807, 2.05) is 0 Å². The van der Waals surface area contributed by atoms with Crippen molar-refractivity contribution in [3.05, 3.63) is 71.8 Å². The van der Waals surface area contributed by atoms with Gasteiger partial charge < -0.3 is 14.8 Å². The van der Waals surface area contributed by atoms with Gasteiger partial charge in [-0.25, -0.2) is 5.43 Å². The number of rotatable bonds is 11. The van der Waals surface area contributed by atoms with Crippen molar-refractivity contribution < 1.29 is 44.6 Å². The van der Waals surface area contributed by atoms with Crippen molar-refractivity contribution in [2.24, 2.45) is 15.5 Å². The lowest BCUT2D eigenvalue weighted by Crippen LogP contribution is -2.43. The van der Waals surface area contributed by atoms with Crippen LogP contribution in [-0.4, -0.2) is 49.8 Å². The lowest BCUT2D eigenvalue weighted by molar-refractivity contribution is -0.253. The molecule has 6 nitrogen and oxygen atoms in total. The molecular weight excluding hydrogens is 564 g/mol. The van der Waals surface area contributed by atoms with E-state index in [1.165, 1.54) is 24.3 Å². The van der Waals surface area contributed by atoms with E-state index < -0.39 is 36.6 Å². The molecule has 0 bridgehead atoms. The molecule has 2 aliphatic rings. The van der Waals surface area contributed by atoms with Crippen LogP contribution in [-0.2, 0) is 0 Å². The summed E-state index contributed by atoms with van der Waals surface area (Å²) in [7, 11) is 0. The van der Waals surface area contributed by atoms with Crippen molar-refractivity contribution in [1.82, 2.24) is 10.7 Å². The Morgan fingerprint density at radius 1 is 0.829 bits per heavy atom. The largest absolute Gasteiger partial charge is 0.461 e. The number of ether oxygens (including phenoxy) is 2. The van der Waals surface area contributed by atoms with Gasteiger partial charge in [0, 0.05) is 12.0 Å². The number of benzene rings is 2. The molecule has 0 radical (unpaired) electrons. The Kier molecular flexibility index (Phi) is 8.88. The first-order chi connectivity index (χ1) is 19.4. The lowest BCUT2D eigenvalue weighted by Gasteiger charge is -2.21. The summed E-state index contributed by atoms with van der Waals surface area (Å²) in [6.45, 7) is 1.42. The van der Waals surface area contributed by atoms with Crippen molar-refractivity contribution in [2.75, 3.05) is 13.1 Å². The highest BCUT2D eigenvalue weighted by molar-refractivity contribution is 6.09. The molecule has 1 aliphatic carbocycles. The van der Waals surface area contributed by atoms with Crippen LogP contribution in [0.5, 0.6) is 11.5 Å². The standard InChI is InChI=1S/C27H24F8N4O2/c28-22(29)26(32,33)40-20-9-3-17(4-10-20)1-7-19(38-39-24-36-15-25(13-14-25)16-37-24)8-2-18-5-11-21(12-6-18)41-27(34,35)23(30)31/h1-12,22-23H,13-16H2,(H2,36,37,39). The average Bonchev–Trinajstić information content (AvgIpc) is 3.69. The van der Waals surface area contributed by atoms with Crippen LogP contribution in [0.4, 0.5) is 35.1 Å². The molecule has 2 N–H and O–H groups in total. The number of nitrogens with zero attached hydrogens (tertiary/aromatic N) is 2. The molecule has 0 atom stereocenters. The smallest absolute Gasteiger partial charge is 0.428 e. The molecule has 0 amide bonds. The minimum Gasteiger partial charge on any atom is -0.428 e. The van der Waals surface area contributed by atoms with Crippen LogP contribution in [0, 0.1) is 5.41 Å². The van der Waals surface area contributed by atoms with Gasteiger partial charge in [-0.1, -0.05) is 36.4 Å². The zero-order valence-corrected chi connectivity index (χ0v) is 21.1. The van der Waals surface area contributed by atoms with Crippen LogP contribution in [0.15, 0.2) is 70.8 Å². The van der Waals surface area contributed by atoms with Gasteiger partial charge in [0.25, 0.3) is 0 Å². The van der Waals surface area contributed by atoms with Crippen LogP contribution in [0.25, 0.3) is 12.2 Å². The van der Waals surface area contributed by atoms with Gasteiger partial charge in [-0.3, -0.25) is 4.99 Å². The normalized spacial score (nSPS) is 16.7. The first-order valence-corrected chi connectivity index (χ1v) is 12.2. The quantitative estimate of drug-likeness (QED) is 0.177. The Morgan fingerprint density at radius 3 is 1.66 bits per heavy atom. The van der Waals surface area contributed by atoms with Crippen LogP contribution >= 0.6 is 0 Å². The Hall–Kier alpha value is -4.10. The highest BCUT2D eigenvalue weighted by atomic mass is 19.3. The van der Waals surface area contributed by atoms with Crippen LogP contribution in [0.2, 0.25) is 0 Å². The third kappa shape index (κ3) is 8.44. The summed E-state index contributed by atoms with van der Waals surface area (Å²) in [5.74, 6) is -0.433. The third-order valence-electron chi connectivity index (χ3n) is 6.12. The van der Waals surface area contributed by atoms with Gasteiger partial charge in [0.1, 0.15) is 11.5 Å². The van der Waals surface area contributed by atoms with Gasteiger partial charge in [-0.15, -0.1) is 0 Å². The first kappa shape index (κ1) is 29.9. The molecule has 1 heterocycles. The number of aliphatic imine (C=N–C) groups is 1. The second-order valence-electron chi connectivity index (χ2n) is 9.40. The van der Waals surface area contributed by atoms with Gasteiger partial charge in [-0.05, 0) is 60.4 Å². The van der Waals surface area contributed by atoms with Crippen molar-refractivity contribution in [1.29, 1.82) is 0 Å². The highest BCUT2D eigenvalue weighted by Gasteiger charge is 2.45. The SMILES string of the molecule is FC(F)C(F)(F)Oc1ccc(C=CC(C=Cc2ccc(OC(F)(F)C(F)F)cc2)=NNC2=NCC3(CC3)CN2)cc1. The maximum atomic E-state index is 13.1. The van der Waals surface area contributed by atoms with Crippen LogP contribution < -0.4 is 20.2 Å². The van der Waals surface area contributed by atoms with Gasteiger partial charge in [-0.2, -0.15) is 40.2 Å². The van der Waals surface area contributed by atoms with Crippen molar-refractivity contribution in [2.45, 2.75) is 37.9 Å². The van der Waals surface area contributed by atoms with Gasteiger partial charge in [0.15, 0.2) is 0 Å². The number of hydrogen-bond acceptors (Lipinski definition) is 6. The fraction of sp³-hybridized carbons (Fsp3) is 0.333. The van der Waals surface area contributed by atoms with Gasteiger partial charge in [0.05, 0.1) is 12.3 Å². The first-order valence-electron chi connectivity index (χ1n) is 12.2. The average molecular weight is 588 g/mol. The Labute approximate surface area is 229 Å². The Bertz CT molecular complexity index is 1230. The number of halogens is 8. The van der Waals surface area contributed by atoms with E-state index in [0.29, 0.717) is 29.3 Å². The van der Waals surface area contributed by atoms with E-state index in [2.05, 4.69) is 30.3 Å². The molecule has 220 valence electrons. The summed E-state index contributed by atoms with van der Waals surface area (Å²) in [6, 6.07) is 9.92. The summed E-state index contributed by atoms with van der Waals surface area (Å²) in [4.78, 5) is 4.44. The number of nitrogens with one attached hydrogen (secondary N) is 2. The molecule has 0 aromatic heterocycles. The fourth-order valence-electron chi connectivity index (χ4n) is 3.52. The maximum Gasteiger partial charge on any atom is 0.461 e. The summed E-state index contributed by atoms with van der Waals surface area (Å²) in [5, 5.41) is 7.47. The second kappa shape index (κ2) is 12.2. The topological polar surface area (TPSA) is 67.2 Å². The monoisotopic (exact) mass is 588 g/mol. The summed E-state index contributed by atoms with van der Waals surface area (Å²) in [5.41, 5.74) is 4.39. The molecule has 14 heteroatoms. The summed E-state index contributed by atoms with van der Waals surface area (Å²) in [6.07, 6.45) is -8.78. The highest BCUT2D eigenvalue weighted by Crippen LogP contribution is 2.46. The number of alkyl halides is 8. The van der Waals surface area contributed by atoms with E-state index in [9.17, 15) is 35.1 Å². The zero-order valence-electron chi connectivity index (χ0n) is 21.1.